The Bertz CT molecular complexity index is 1080. The third kappa shape index (κ3) is 5.24. The average Bonchev–Trinajstić information content (AvgIpc) is 2.75. The highest BCUT2D eigenvalue weighted by Crippen LogP contribution is 2.22. The van der Waals surface area contributed by atoms with Gasteiger partial charge in [0.25, 0.3) is 11.8 Å². The van der Waals surface area contributed by atoms with E-state index in [9.17, 15) is 14.0 Å². The van der Waals surface area contributed by atoms with Gasteiger partial charge in [0, 0.05) is 23.4 Å². The Morgan fingerprint density at radius 2 is 1.67 bits per heavy atom. The zero-order chi connectivity index (χ0) is 21.5. The minimum Gasteiger partial charge on any atom is -0.398 e. The molecule has 0 spiro atoms. The summed E-state index contributed by atoms with van der Waals surface area (Å²) >= 11 is 6.08. The molecule has 0 saturated carbocycles. The van der Waals surface area contributed by atoms with Crippen molar-refractivity contribution in [2.75, 3.05) is 5.73 Å². The van der Waals surface area contributed by atoms with Crippen molar-refractivity contribution in [1.82, 2.24) is 10.6 Å². The SMILES string of the molecule is Nc1ccccc1CNC(=O)/C(=C/c1c(F)cccc1Cl)NC(=O)c1ccccc1. The van der Waals surface area contributed by atoms with Crippen LogP contribution in [-0.4, -0.2) is 11.8 Å². The smallest absolute Gasteiger partial charge is 0.268 e. The van der Waals surface area contributed by atoms with Crippen molar-refractivity contribution in [3.8, 4) is 0 Å². The fourth-order valence-corrected chi connectivity index (χ4v) is 2.92. The summed E-state index contributed by atoms with van der Waals surface area (Å²) in [5.41, 5.74) is 7.33. The van der Waals surface area contributed by atoms with Crippen molar-refractivity contribution in [3.63, 3.8) is 0 Å². The van der Waals surface area contributed by atoms with E-state index in [0.717, 1.165) is 0 Å². The lowest BCUT2D eigenvalue weighted by Crippen LogP contribution is -2.34. The Morgan fingerprint density at radius 3 is 2.37 bits per heavy atom. The summed E-state index contributed by atoms with van der Waals surface area (Å²) in [6, 6.07) is 19.6. The maximum atomic E-state index is 14.2. The first kappa shape index (κ1) is 21.1. The second-order valence-electron chi connectivity index (χ2n) is 6.39. The molecule has 3 aromatic carbocycles. The molecule has 4 N–H and O–H groups in total. The van der Waals surface area contributed by atoms with Gasteiger partial charge in [0.15, 0.2) is 0 Å². The Morgan fingerprint density at radius 1 is 0.967 bits per heavy atom. The Balaban J connectivity index is 1.88. The highest BCUT2D eigenvalue weighted by Gasteiger charge is 2.17. The predicted octanol–water partition coefficient (Wildman–Crippen LogP) is 4.15. The molecule has 0 unspecified atom stereocenters. The molecular weight excluding hydrogens is 405 g/mol. The fourth-order valence-electron chi connectivity index (χ4n) is 2.70. The Hall–Kier alpha value is -3.64. The molecule has 0 aliphatic heterocycles. The summed E-state index contributed by atoms with van der Waals surface area (Å²) in [6.45, 7) is 0.134. The summed E-state index contributed by atoms with van der Waals surface area (Å²) < 4.78 is 14.2. The molecule has 2 amide bonds. The van der Waals surface area contributed by atoms with Crippen LogP contribution in [0.4, 0.5) is 10.1 Å². The number of nitrogens with one attached hydrogen (secondary N) is 2. The van der Waals surface area contributed by atoms with Gasteiger partial charge in [-0.25, -0.2) is 4.39 Å². The van der Waals surface area contributed by atoms with Crippen LogP contribution in [0.15, 0.2) is 78.5 Å². The maximum absolute atomic E-state index is 14.2. The molecule has 0 bridgehead atoms. The van der Waals surface area contributed by atoms with Gasteiger partial charge in [0.2, 0.25) is 0 Å². The first-order valence-electron chi connectivity index (χ1n) is 9.09. The third-order valence-electron chi connectivity index (χ3n) is 4.31. The number of carbonyl (C=O) groups is 2. The summed E-state index contributed by atoms with van der Waals surface area (Å²) in [7, 11) is 0. The van der Waals surface area contributed by atoms with E-state index >= 15 is 0 Å². The molecular formula is C23H19ClFN3O2. The summed E-state index contributed by atoms with van der Waals surface area (Å²) in [6.07, 6.45) is 1.21. The zero-order valence-corrected chi connectivity index (χ0v) is 16.6. The van der Waals surface area contributed by atoms with Gasteiger partial charge in [-0.2, -0.15) is 0 Å². The molecule has 7 heteroatoms. The largest absolute Gasteiger partial charge is 0.398 e. The number of rotatable bonds is 6. The van der Waals surface area contributed by atoms with E-state index in [0.29, 0.717) is 16.8 Å². The molecule has 0 saturated heterocycles. The van der Waals surface area contributed by atoms with Crippen LogP contribution in [0.25, 0.3) is 6.08 Å². The number of benzene rings is 3. The predicted molar refractivity (Wildman–Crippen MR) is 116 cm³/mol. The lowest BCUT2D eigenvalue weighted by molar-refractivity contribution is -0.117. The quantitative estimate of drug-likeness (QED) is 0.411. The monoisotopic (exact) mass is 423 g/mol. The van der Waals surface area contributed by atoms with E-state index in [4.69, 9.17) is 17.3 Å². The molecule has 3 rings (SSSR count). The number of anilines is 1. The second-order valence-corrected chi connectivity index (χ2v) is 6.80. The molecule has 0 aliphatic rings. The minimum atomic E-state index is -0.617. The van der Waals surface area contributed by atoms with Gasteiger partial charge in [0.1, 0.15) is 11.5 Å². The van der Waals surface area contributed by atoms with Crippen LogP contribution in [0, 0.1) is 5.82 Å². The first-order valence-corrected chi connectivity index (χ1v) is 9.47. The molecule has 0 radical (unpaired) electrons. The normalized spacial score (nSPS) is 11.1. The van der Waals surface area contributed by atoms with Gasteiger partial charge in [-0.05, 0) is 42.0 Å². The maximum Gasteiger partial charge on any atom is 0.268 e. The molecule has 152 valence electrons. The molecule has 0 aliphatic carbocycles. The topological polar surface area (TPSA) is 84.2 Å². The summed E-state index contributed by atoms with van der Waals surface area (Å²) in [5.74, 6) is -1.74. The lowest BCUT2D eigenvalue weighted by Gasteiger charge is -2.13. The lowest BCUT2D eigenvalue weighted by atomic mass is 10.1. The molecule has 5 nitrogen and oxygen atoms in total. The van der Waals surface area contributed by atoms with Gasteiger partial charge >= 0.3 is 0 Å². The number of hydrogen-bond donors (Lipinski definition) is 3. The van der Waals surface area contributed by atoms with Crippen molar-refractivity contribution in [1.29, 1.82) is 0 Å². The number of halogens is 2. The molecule has 3 aromatic rings. The van der Waals surface area contributed by atoms with Gasteiger partial charge in [0.05, 0.1) is 5.02 Å². The van der Waals surface area contributed by atoms with E-state index in [1.807, 2.05) is 0 Å². The standard InChI is InChI=1S/C23H19ClFN3O2/c24-18-10-6-11-19(25)17(18)13-21(28-22(29)15-7-2-1-3-8-15)23(30)27-14-16-9-4-5-12-20(16)26/h1-13H,14,26H2,(H,27,30)(H,28,29)/b21-13-. The van der Waals surface area contributed by atoms with E-state index in [2.05, 4.69) is 10.6 Å². The van der Waals surface area contributed by atoms with E-state index < -0.39 is 17.6 Å². The average molecular weight is 424 g/mol. The fraction of sp³-hybridized carbons (Fsp3) is 0.0435. The Kier molecular flexibility index (Phi) is 6.83. The van der Waals surface area contributed by atoms with E-state index in [1.165, 1.54) is 24.3 Å². The Labute approximate surface area is 178 Å². The summed E-state index contributed by atoms with van der Waals surface area (Å²) in [4.78, 5) is 25.4. The number of hydrogen-bond acceptors (Lipinski definition) is 3. The first-order chi connectivity index (χ1) is 14.5. The van der Waals surface area contributed by atoms with Crippen LogP contribution in [0.3, 0.4) is 0 Å². The van der Waals surface area contributed by atoms with Gasteiger partial charge in [-0.15, -0.1) is 0 Å². The number of nitrogen functional groups attached to an aromatic ring is 1. The molecule has 30 heavy (non-hydrogen) atoms. The van der Waals surface area contributed by atoms with Crippen molar-refractivity contribution >= 4 is 35.2 Å². The van der Waals surface area contributed by atoms with Gasteiger partial charge < -0.3 is 16.4 Å². The van der Waals surface area contributed by atoms with Crippen LogP contribution in [0.5, 0.6) is 0 Å². The van der Waals surface area contributed by atoms with Crippen LogP contribution < -0.4 is 16.4 Å². The zero-order valence-electron chi connectivity index (χ0n) is 15.9. The molecule has 0 fully saturated rings. The highest BCUT2D eigenvalue weighted by atomic mass is 35.5. The molecule has 0 atom stereocenters. The van der Waals surface area contributed by atoms with Crippen LogP contribution in [-0.2, 0) is 11.3 Å². The van der Waals surface area contributed by atoms with Crippen molar-refractivity contribution in [2.45, 2.75) is 6.54 Å². The summed E-state index contributed by atoms with van der Waals surface area (Å²) in [5, 5.41) is 5.34. The molecule has 0 aromatic heterocycles. The molecule has 0 heterocycles. The van der Waals surface area contributed by atoms with Crippen molar-refractivity contribution in [3.05, 3.63) is 106 Å². The number of nitrogens with two attached hydrogens (primary N) is 1. The van der Waals surface area contributed by atoms with Crippen LogP contribution >= 0.6 is 11.6 Å². The van der Waals surface area contributed by atoms with Crippen molar-refractivity contribution < 1.29 is 14.0 Å². The number of carbonyl (C=O) groups excluding carboxylic acids is 2. The van der Waals surface area contributed by atoms with Gasteiger partial charge in [-0.3, -0.25) is 9.59 Å². The van der Waals surface area contributed by atoms with Crippen LogP contribution in [0.2, 0.25) is 5.02 Å². The number of amides is 2. The number of para-hydroxylation sites is 1. The minimum absolute atomic E-state index is 0.00287. The van der Waals surface area contributed by atoms with Crippen molar-refractivity contribution in [2.24, 2.45) is 0 Å². The second kappa shape index (κ2) is 9.71. The van der Waals surface area contributed by atoms with Crippen LogP contribution in [0.1, 0.15) is 21.5 Å². The highest BCUT2D eigenvalue weighted by molar-refractivity contribution is 6.32. The van der Waals surface area contributed by atoms with Gasteiger partial charge in [-0.1, -0.05) is 54.1 Å². The van der Waals surface area contributed by atoms with E-state index in [-0.39, 0.29) is 22.8 Å². The van der Waals surface area contributed by atoms with E-state index in [1.54, 1.807) is 54.6 Å². The third-order valence-corrected chi connectivity index (χ3v) is 4.64.